The lowest BCUT2D eigenvalue weighted by atomic mass is 10.1. The fraction of sp³-hybridized carbons (Fsp3) is 0.308. The molecule has 0 radical (unpaired) electrons. The summed E-state index contributed by atoms with van der Waals surface area (Å²) in [4.78, 5) is 45.2. The third-order valence-electron chi connectivity index (χ3n) is 5.93. The topological polar surface area (TPSA) is 105 Å². The summed E-state index contributed by atoms with van der Waals surface area (Å²) < 4.78 is 19.0. The molecule has 0 aliphatic heterocycles. The summed E-state index contributed by atoms with van der Waals surface area (Å²) in [5, 5.41) is 5.50. The minimum absolute atomic E-state index is 0.00412. The molecule has 182 valence electrons. The highest BCUT2D eigenvalue weighted by molar-refractivity contribution is 6.39. The minimum Gasteiger partial charge on any atom is -0.464 e. The van der Waals surface area contributed by atoms with Gasteiger partial charge in [0.25, 0.3) is 5.91 Å². The first-order chi connectivity index (χ1) is 16.9. The third-order valence-corrected chi connectivity index (χ3v) is 5.93. The Morgan fingerprint density at radius 1 is 1.11 bits per heavy atom. The average Bonchev–Trinajstić information content (AvgIpc) is 3.52. The molecular formula is C26H27FN4O4. The van der Waals surface area contributed by atoms with Crippen LogP contribution in [0, 0.1) is 12.7 Å². The second-order valence-corrected chi connectivity index (χ2v) is 8.60. The maximum absolute atomic E-state index is 13.5. The van der Waals surface area contributed by atoms with Crippen LogP contribution in [0.15, 0.2) is 65.3 Å². The molecular weight excluding hydrogens is 451 g/mol. The normalized spacial score (nSPS) is 14.3. The van der Waals surface area contributed by atoms with Crippen LogP contribution in [0.5, 0.6) is 0 Å². The Morgan fingerprint density at radius 3 is 2.49 bits per heavy atom. The molecule has 1 aromatic carbocycles. The fourth-order valence-electron chi connectivity index (χ4n) is 4.19. The number of aryl methyl sites for hydroxylation is 1. The Hall–Kier alpha value is -4.01. The van der Waals surface area contributed by atoms with Gasteiger partial charge in [0.2, 0.25) is 0 Å². The van der Waals surface area contributed by atoms with E-state index in [1.807, 2.05) is 0 Å². The Balaban J connectivity index is 1.66. The van der Waals surface area contributed by atoms with Crippen LogP contribution in [0.3, 0.4) is 0 Å². The van der Waals surface area contributed by atoms with Crippen molar-refractivity contribution < 1.29 is 23.2 Å². The highest BCUT2D eigenvalue weighted by atomic mass is 19.1. The van der Waals surface area contributed by atoms with Crippen LogP contribution in [0.4, 0.5) is 10.1 Å². The summed E-state index contributed by atoms with van der Waals surface area (Å²) in [6.07, 6.45) is 6.92. The number of carbonyl (C=O) groups excluding carboxylic acids is 3. The molecule has 0 saturated heterocycles. The molecule has 1 aliphatic rings. The van der Waals surface area contributed by atoms with E-state index < -0.39 is 29.6 Å². The van der Waals surface area contributed by atoms with Crippen LogP contribution >= 0.6 is 0 Å². The van der Waals surface area contributed by atoms with E-state index in [-0.39, 0.29) is 24.0 Å². The maximum atomic E-state index is 13.5. The molecule has 1 saturated carbocycles. The molecule has 0 bridgehead atoms. The molecule has 8 nitrogen and oxygen atoms in total. The Morgan fingerprint density at radius 2 is 1.86 bits per heavy atom. The number of nitrogens with zero attached hydrogens (tertiary/aromatic N) is 2. The van der Waals surface area contributed by atoms with Gasteiger partial charge in [-0.3, -0.25) is 19.4 Å². The van der Waals surface area contributed by atoms with Crippen LogP contribution in [0.2, 0.25) is 0 Å². The zero-order valence-corrected chi connectivity index (χ0v) is 19.4. The summed E-state index contributed by atoms with van der Waals surface area (Å²) in [6.45, 7) is 1.69. The van der Waals surface area contributed by atoms with E-state index in [1.165, 1.54) is 29.2 Å². The molecule has 3 amide bonds. The van der Waals surface area contributed by atoms with Crippen LogP contribution < -0.4 is 10.6 Å². The summed E-state index contributed by atoms with van der Waals surface area (Å²) in [6, 6.07) is 10.7. The number of rotatable bonds is 7. The number of halogens is 1. The summed E-state index contributed by atoms with van der Waals surface area (Å²) >= 11 is 0. The number of aromatic nitrogens is 1. The lowest BCUT2D eigenvalue weighted by molar-refractivity contribution is -0.149. The molecule has 1 aliphatic carbocycles. The largest absolute Gasteiger partial charge is 0.464 e. The van der Waals surface area contributed by atoms with Gasteiger partial charge >= 0.3 is 11.8 Å². The van der Waals surface area contributed by atoms with Gasteiger partial charge in [-0.05, 0) is 67.8 Å². The summed E-state index contributed by atoms with van der Waals surface area (Å²) in [5.41, 5.74) is 0.893. The first kappa shape index (κ1) is 24.1. The van der Waals surface area contributed by atoms with E-state index in [9.17, 15) is 18.8 Å². The van der Waals surface area contributed by atoms with Crippen LogP contribution in [-0.2, 0) is 20.9 Å². The number of carbonyl (C=O) groups is 3. The molecule has 3 aromatic rings. The predicted octanol–water partition coefficient (Wildman–Crippen LogP) is 3.89. The molecule has 2 heterocycles. The van der Waals surface area contributed by atoms with E-state index in [0.29, 0.717) is 11.3 Å². The van der Waals surface area contributed by atoms with Crippen molar-refractivity contribution in [2.24, 2.45) is 0 Å². The molecule has 1 atom stereocenters. The number of amides is 3. The van der Waals surface area contributed by atoms with E-state index in [1.54, 1.807) is 43.6 Å². The highest BCUT2D eigenvalue weighted by Gasteiger charge is 2.38. The predicted molar refractivity (Wildman–Crippen MR) is 126 cm³/mol. The Labute approximate surface area is 202 Å². The lowest BCUT2D eigenvalue weighted by Crippen LogP contribution is -2.48. The first-order valence-electron chi connectivity index (χ1n) is 11.5. The van der Waals surface area contributed by atoms with Crippen molar-refractivity contribution in [3.8, 4) is 0 Å². The highest BCUT2D eigenvalue weighted by Crippen LogP contribution is 2.27. The summed E-state index contributed by atoms with van der Waals surface area (Å²) in [7, 11) is 0. The van der Waals surface area contributed by atoms with Crippen LogP contribution in [0.25, 0.3) is 0 Å². The number of anilines is 1. The number of furan rings is 1. The number of hydrogen-bond acceptors (Lipinski definition) is 5. The quantitative estimate of drug-likeness (QED) is 0.502. The first-order valence-corrected chi connectivity index (χ1v) is 11.5. The van der Waals surface area contributed by atoms with Crippen molar-refractivity contribution in [1.82, 2.24) is 15.2 Å². The van der Waals surface area contributed by atoms with Crippen LogP contribution in [-0.4, -0.2) is 33.6 Å². The fourth-order valence-corrected chi connectivity index (χ4v) is 4.19. The summed E-state index contributed by atoms with van der Waals surface area (Å²) in [5.74, 6) is -1.95. The van der Waals surface area contributed by atoms with Crippen molar-refractivity contribution in [3.05, 3.63) is 83.8 Å². The molecule has 0 spiro atoms. The maximum Gasteiger partial charge on any atom is 0.313 e. The molecule has 4 rings (SSSR count). The van der Waals surface area contributed by atoms with Crippen molar-refractivity contribution in [2.45, 2.75) is 51.2 Å². The van der Waals surface area contributed by atoms with Gasteiger partial charge in [0, 0.05) is 30.7 Å². The van der Waals surface area contributed by atoms with Crippen molar-refractivity contribution in [1.29, 1.82) is 0 Å². The number of nitrogens with one attached hydrogen (secondary N) is 2. The Bertz CT molecular complexity index is 1170. The van der Waals surface area contributed by atoms with Gasteiger partial charge in [-0.15, -0.1) is 0 Å². The van der Waals surface area contributed by atoms with Crippen molar-refractivity contribution in [3.63, 3.8) is 0 Å². The van der Waals surface area contributed by atoms with Gasteiger partial charge in [-0.25, -0.2) is 4.39 Å². The molecule has 2 aromatic heterocycles. The molecule has 1 fully saturated rings. The standard InChI is InChI=1S/C26H27FN4O4/c1-17-8-13-22(35-17)23(24(32)29-20-6-2-3-7-20)31(16-18-5-4-14-28-15-18)26(34)25(33)30-21-11-9-19(27)10-12-21/h4-5,8-15,20,23H,2-3,6-7,16H2,1H3,(H,29,32)(H,30,33)/t23-/m0/s1. The Kier molecular flexibility index (Phi) is 7.54. The molecule has 35 heavy (non-hydrogen) atoms. The van der Waals surface area contributed by atoms with Gasteiger partial charge in [0.05, 0.1) is 0 Å². The zero-order valence-electron chi connectivity index (χ0n) is 19.4. The molecule has 9 heteroatoms. The van der Waals surface area contributed by atoms with Gasteiger partial charge in [0.1, 0.15) is 17.3 Å². The molecule has 0 unspecified atom stereocenters. The number of pyridine rings is 1. The van der Waals surface area contributed by atoms with Gasteiger partial charge in [-0.2, -0.15) is 0 Å². The third kappa shape index (κ3) is 6.11. The zero-order chi connectivity index (χ0) is 24.8. The number of benzene rings is 1. The van der Waals surface area contributed by atoms with Gasteiger partial charge in [0.15, 0.2) is 6.04 Å². The lowest BCUT2D eigenvalue weighted by Gasteiger charge is -2.30. The average molecular weight is 479 g/mol. The SMILES string of the molecule is Cc1ccc([C@@H](C(=O)NC2CCCC2)N(Cc2cccnc2)C(=O)C(=O)Nc2ccc(F)cc2)o1. The second kappa shape index (κ2) is 10.9. The van der Waals surface area contributed by atoms with Crippen LogP contribution in [0.1, 0.15) is 48.8 Å². The van der Waals surface area contributed by atoms with Gasteiger partial charge < -0.3 is 20.0 Å². The van der Waals surface area contributed by atoms with Gasteiger partial charge in [-0.1, -0.05) is 18.9 Å². The second-order valence-electron chi connectivity index (χ2n) is 8.60. The van der Waals surface area contributed by atoms with E-state index in [2.05, 4.69) is 15.6 Å². The van der Waals surface area contributed by atoms with E-state index in [0.717, 1.165) is 25.7 Å². The smallest absolute Gasteiger partial charge is 0.313 e. The van der Waals surface area contributed by atoms with E-state index in [4.69, 9.17) is 4.42 Å². The minimum atomic E-state index is -1.17. The number of hydrogen-bond donors (Lipinski definition) is 2. The monoisotopic (exact) mass is 478 g/mol. The van der Waals surface area contributed by atoms with Crippen molar-refractivity contribution >= 4 is 23.4 Å². The molecule has 2 N–H and O–H groups in total. The van der Waals surface area contributed by atoms with Crippen molar-refractivity contribution in [2.75, 3.05) is 5.32 Å². The van der Waals surface area contributed by atoms with E-state index >= 15 is 0 Å².